The molecule has 0 unspecified atom stereocenters. The van der Waals surface area contributed by atoms with Gasteiger partial charge in [0, 0.05) is 36.6 Å². The van der Waals surface area contributed by atoms with Crippen LogP contribution in [-0.2, 0) is 15.6 Å². The highest BCUT2D eigenvalue weighted by Crippen LogP contribution is 2.34. The van der Waals surface area contributed by atoms with E-state index in [1.807, 2.05) is 27.0 Å². The molecule has 0 saturated heterocycles. The second-order valence-electron chi connectivity index (χ2n) is 9.57. The highest BCUT2D eigenvalue weighted by Gasteiger charge is 2.22. The van der Waals surface area contributed by atoms with Crippen LogP contribution in [0.4, 0.5) is 14.7 Å². The molecule has 0 radical (unpaired) electrons. The van der Waals surface area contributed by atoms with Crippen LogP contribution in [0, 0.1) is 11.6 Å². The molecule has 0 fully saturated rings. The summed E-state index contributed by atoms with van der Waals surface area (Å²) in [6, 6.07) is 10.6. The standard InChI is InChI=1S/C26H28F2N6O3S/c1-26(2,3)34-16-20(24(33-34)17-8-9-21(28)23(35)14-17)22-10-13-30-25(32-22)29-11-5-12-31-38(36,37)19-7-4-6-18(27)15-19/h4,6-10,13-16,31,35H,5,11-12H2,1-3H3,(H,29,30,32). The molecule has 12 heteroatoms. The molecule has 0 amide bonds. The molecule has 0 aliphatic carbocycles. The molecule has 2 aromatic heterocycles. The quantitative estimate of drug-likeness (QED) is 0.266. The van der Waals surface area contributed by atoms with E-state index >= 15 is 0 Å². The molecule has 0 atom stereocenters. The normalized spacial score (nSPS) is 12.0. The van der Waals surface area contributed by atoms with E-state index in [4.69, 9.17) is 0 Å². The molecule has 2 heterocycles. The second kappa shape index (κ2) is 10.8. The molecule has 0 aliphatic heterocycles. The van der Waals surface area contributed by atoms with Crippen molar-refractivity contribution in [2.24, 2.45) is 0 Å². The van der Waals surface area contributed by atoms with Gasteiger partial charge in [-0.2, -0.15) is 5.10 Å². The fraction of sp³-hybridized carbons (Fsp3) is 0.269. The maximum Gasteiger partial charge on any atom is 0.240 e. The predicted molar refractivity (Wildman–Crippen MR) is 140 cm³/mol. The Bertz CT molecular complexity index is 1550. The Labute approximate surface area is 219 Å². The Morgan fingerprint density at radius 2 is 1.84 bits per heavy atom. The maximum absolute atomic E-state index is 13.7. The van der Waals surface area contributed by atoms with Crippen molar-refractivity contribution in [3.8, 4) is 28.3 Å². The van der Waals surface area contributed by atoms with E-state index in [2.05, 4.69) is 25.1 Å². The topological polar surface area (TPSA) is 122 Å². The average molecular weight is 543 g/mol. The van der Waals surface area contributed by atoms with Crippen LogP contribution in [0.5, 0.6) is 5.75 Å². The molecule has 4 rings (SSSR count). The van der Waals surface area contributed by atoms with E-state index in [-0.39, 0.29) is 17.0 Å². The molecule has 0 spiro atoms. The Hall–Kier alpha value is -3.90. The number of hydrogen-bond acceptors (Lipinski definition) is 7. The molecule has 200 valence electrons. The fourth-order valence-electron chi connectivity index (χ4n) is 3.58. The van der Waals surface area contributed by atoms with Crippen LogP contribution in [-0.4, -0.2) is 46.4 Å². The first-order chi connectivity index (χ1) is 17.9. The highest BCUT2D eigenvalue weighted by atomic mass is 32.2. The zero-order valence-corrected chi connectivity index (χ0v) is 21.9. The Balaban J connectivity index is 1.47. The molecule has 0 aliphatic rings. The first-order valence-corrected chi connectivity index (χ1v) is 13.3. The van der Waals surface area contributed by atoms with Gasteiger partial charge in [0.05, 0.1) is 16.1 Å². The highest BCUT2D eigenvalue weighted by molar-refractivity contribution is 7.89. The van der Waals surface area contributed by atoms with Crippen molar-refractivity contribution in [1.29, 1.82) is 0 Å². The number of aromatic nitrogens is 4. The van der Waals surface area contributed by atoms with E-state index in [0.29, 0.717) is 41.4 Å². The lowest BCUT2D eigenvalue weighted by Crippen LogP contribution is -2.26. The van der Waals surface area contributed by atoms with Gasteiger partial charge in [-0.25, -0.2) is 31.9 Å². The number of benzene rings is 2. The van der Waals surface area contributed by atoms with Crippen LogP contribution in [0.3, 0.4) is 0 Å². The molecule has 0 bridgehead atoms. The van der Waals surface area contributed by atoms with E-state index in [1.54, 1.807) is 23.0 Å². The number of halogens is 2. The van der Waals surface area contributed by atoms with Crippen molar-refractivity contribution in [3.05, 3.63) is 72.6 Å². The lowest BCUT2D eigenvalue weighted by Gasteiger charge is -2.18. The fourth-order valence-corrected chi connectivity index (χ4v) is 4.69. The lowest BCUT2D eigenvalue weighted by molar-refractivity contribution is 0.356. The number of sulfonamides is 1. The van der Waals surface area contributed by atoms with Crippen molar-refractivity contribution in [2.45, 2.75) is 37.6 Å². The monoisotopic (exact) mass is 542 g/mol. The number of nitrogens with one attached hydrogen (secondary N) is 2. The van der Waals surface area contributed by atoms with Gasteiger partial charge in [0.25, 0.3) is 0 Å². The number of hydrogen-bond donors (Lipinski definition) is 3. The molecule has 9 nitrogen and oxygen atoms in total. The van der Waals surface area contributed by atoms with Crippen LogP contribution in [0.2, 0.25) is 0 Å². The first kappa shape index (κ1) is 27.1. The minimum atomic E-state index is -3.82. The van der Waals surface area contributed by atoms with Crippen molar-refractivity contribution < 1.29 is 22.3 Å². The molecule has 2 aromatic carbocycles. The lowest BCUT2D eigenvalue weighted by atomic mass is 10.1. The average Bonchev–Trinajstić information content (AvgIpc) is 3.32. The van der Waals surface area contributed by atoms with Crippen LogP contribution in [0.25, 0.3) is 22.5 Å². The number of phenols is 1. The number of nitrogens with zero attached hydrogens (tertiary/aromatic N) is 4. The van der Waals surface area contributed by atoms with Gasteiger partial charge < -0.3 is 10.4 Å². The third-order valence-corrected chi connectivity index (χ3v) is 7.05. The summed E-state index contributed by atoms with van der Waals surface area (Å²) in [6.45, 7) is 6.47. The van der Waals surface area contributed by atoms with Crippen molar-refractivity contribution >= 4 is 16.0 Å². The van der Waals surface area contributed by atoms with Gasteiger partial charge in [0.2, 0.25) is 16.0 Å². The number of phenolic OH excluding ortho intramolecular Hbond substituents is 1. The molecule has 3 N–H and O–H groups in total. The van der Waals surface area contributed by atoms with Crippen LogP contribution >= 0.6 is 0 Å². The predicted octanol–water partition coefficient (Wildman–Crippen LogP) is 4.53. The summed E-state index contributed by atoms with van der Waals surface area (Å²) in [7, 11) is -3.82. The van der Waals surface area contributed by atoms with Crippen LogP contribution < -0.4 is 10.0 Å². The number of aromatic hydroxyl groups is 1. The first-order valence-electron chi connectivity index (χ1n) is 11.9. The molecule has 0 saturated carbocycles. The zero-order valence-electron chi connectivity index (χ0n) is 21.1. The second-order valence-corrected chi connectivity index (χ2v) is 11.3. The van der Waals surface area contributed by atoms with Crippen molar-refractivity contribution in [1.82, 2.24) is 24.5 Å². The Morgan fingerprint density at radius 1 is 1.05 bits per heavy atom. The SMILES string of the molecule is CC(C)(C)n1cc(-c2ccnc(NCCCNS(=O)(=O)c3cccc(F)c3)n2)c(-c2ccc(F)c(O)c2)n1. The molecule has 38 heavy (non-hydrogen) atoms. The minimum Gasteiger partial charge on any atom is -0.505 e. The van der Waals surface area contributed by atoms with E-state index in [1.165, 1.54) is 30.3 Å². The van der Waals surface area contributed by atoms with Crippen LogP contribution in [0.1, 0.15) is 27.2 Å². The summed E-state index contributed by atoms with van der Waals surface area (Å²) in [5.41, 5.74) is 1.93. The summed E-state index contributed by atoms with van der Waals surface area (Å²) in [4.78, 5) is 8.67. The Kier molecular flexibility index (Phi) is 7.74. The summed E-state index contributed by atoms with van der Waals surface area (Å²) in [6.07, 6.45) is 3.84. The smallest absolute Gasteiger partial charge is 0.240 e. The van der Waals surface area contributed by atoms with Crippen molar-refractivity contribution in [3.63, 3.8) is 0 Å². The molecular formula is C26H28F2N6O3S. The molecular weight excluding hydrogens is 514 g/mol. The van der Waals surface area contributed by atoms with E-state index < -0.39 is 27.4 Å². The minimum absolute atomic E-state index is 0.127. The summed E-state index contributed by atoms with van der Waals surface area (Å²) in [5, 5.41) is 17.6. The van der Waals surface area contributed by atoms with Crippen molar-refractivity contribution in [2.75, 3.05) is 18.4 Å². The van der Waals surface area contributed by atoms with E-state index in [9.17, 15) is 22.3 Å². The molecule has 4 aromatic rings. The van der Waals surface area contributed by atoms with Gasteiger partial charge in [-0.15, -0.1) is 0 Å². The summed E-state index contributed by atoms with van der Waals surface area (Å²) >= 11 is 0. The van der Waals surface area contributed by atoms with Crippen LogP contribution in [0.15, 0.2) is 65.8 Å². The largest absolute Gasteiger partial charge is 0.505 e. The number of rotatable bonds is 9. The van der Waals surface area contributed by atoms with Gasteiger partial charge >= 0.3 is 0 Å². The summed E-state index contributed by atoms with van der Waals surface area (Å²) in [5.74, 6) is -1.50. The maximum atomic E-state index is 13.7. The van der Waals surface area contributed by atoms with Gasteiger partial charge in [0.1, 0.15) is 11.5 Å². The number of anilines is 1. The van der Waals surface area contributed by atoms with Gasteiger partial charge in [-0.1, -0.05) is 6.07 Å². The third kappa shape index (κ3) is 6.32. The summed E-state index contributed by atoms with van der Waals surface area (Å²) < 4.78 is 55.9. The zero-order chi connectivity index (χ0) is 27.5. The van der Waals surface area contributed by atoms with Gasteiger partial charge in [-0.05, 0) is 69.7 Å². The Morgan fingerprint density at radius 3 is 2.55 bits per heavy atom. The third-order valence-electron chi connectivity index (χ3n) is 5.59. The van der Waals surface area contributed by atoms with Gasteiger partial charge in [-0.3, -0.25) is 4.68 Å². The van der Waals surface area contributed by atoms with Gasteiger partial charge in [0.15, 0.2) is 11.6 Å². The van der Waals surface area contributed by atoms with E-state index in [0.717, 1.165) is 6.07 Å².